The largest absolute Gasteiger partial charge is 0.494 e. The average Bonchev–Trinajstić information content (AvgIpc) is 3.40. The van der Waals surface area contributed by atoms with Gasteiger partial charge in [-0.25, -0.2) is 4.98 Å². The van der Waals surface area contributed by atoms with Crippen LogP contribution in [0.5, 0.6) is 5.75 Å². The van der Waals surface area contributed by atoms with E-state index in [0.29, 0.717) is 21.9 Å². The normalized spacial score (nSPS) is 10.8. The molecule has 0 aliphatic rings. The molecule has 7 nitrogen and oxygen atoms in total. The summed E-state index contributed by atoms with van der Waals surface area (Å²) >= 11 is 8.63. The van der Waals surface area contributed by atoms with Crippen molar-refractivity contribution in [1.29, 1.82) is 0 Å². The fourth-order valence-electron chi connectivity index (χ4n) is 2.93. The van der Waals surface area contributed by atoms with Gasteiger partial charge in [0, 0.05) is 28.6 Å². The molecule has 32 heavy (non-hydrogen) atoms. The highest BCUT2D eigenvalue weighted by Crippen LogP contribution is 2.27. The Balaban J connectivity index is 1.35. The lowest BCUT2D eigenvalue weighted by molar-refractivity contribution is -0.113. The smallest absolute Gasteiger partial charge is 0.236 e. The molecule has 2 aromatic heterocycles. The van der Waals surface area contributed by atoms with E-state index in [1.165, 1.54) is 23.1 Å². The third-order valence-corrected chi connectivity index (χ3v) is 6.51. The highest BCUT2D eigenvalue weighted by atomic mass is 35.5. The lowest BCUT2D eigenvalue weighted by Gasteiger charge is -2.06. The number of nitrogens with one attached hydrogen (secondary N) is 1. The zero-order chi connectivity index (χ0) is 22.5. The van der Waals surface area contributed by atoms with E-state index in [0.717, 1.165) is 28.4 Å². The van der Waals surface area contributed by atoms with Gasteiger partial charge in [-0.1, -0.05) is 35.5 Å². The number of hydrogen-bond donors (Lipinski definition) is 1. The van der Waals surface area contributed by atoms with E-state index in [4.69, 9.17) is 16.3 Å². The lowest BCUT2D eigenvalue weighted by Crippen LogP contribution is -2.14. The third kappa shape index (κ3) is 5.29. The molecule has 0 fully saturated rings. The molecule has 0 aliphatic heterocycles. The van der Waals surface area contributed by atoms with Crippen LogP contribution in [0.25, 0.3) is 22.6 Å². The Morgan fingerprint density at radius 2 is 1.84 bits per heavy atom. The molecule has 0 spiro atoms. The number of anilines is 1. The summed E-state index contributed by atoms with van der Waals surface area (Å²) in [7, 11) is 1.88. The Hall–Kier alpha value is -2.88. The summed E-state index contributed by atoms with van der Waals surface area (Å²) in [4.78, 5) is 16.9. The van der Waals surface area contributed by atoms with Crippen molar-refractivity contribution in [1.82, 2.24) is 19.7 Å². The second-order valence-corrected chi connectivity index (χ2v) is 8.94. The highest BCUT2D eigenvalue weighted by molar-refractivity contribution is 7.99. The second kappa shape index (κ2) is 10.2. The molecule has 0 bridgehead atoms. The van der Waals surface area contributed by atoms with Crippen LogP contribution in [0.4, 0.5) is 5.13 Å². The first-order valence-corrected chi connectivity index (χ1v) is 12.0. The van der Waals surface area contributed by atoms with E-state index >= 15 is 0 Å². The van der Waals surface area contributed by atoms with Crippen LogP contribution in [-0.2, 0) is 11.8 Å². The fraction of sp³-hybridized carbons (Fsp3) is 0.182. The first-order valence-electron chi connectivity index (χ1n) is 9.80. The molecule has 0 atom stereocenters. The van der Waals surface area contributed by atoms with Crippen molar-refractivity contribution in [2.45, 2.75) is 12.1 Å². The Morgan fingerprint density at radius 1 is 1.12 bits per heavy atom. The van der Waals surface area contributed by atoms with E-state index in [1.807, 2.05) is 72.4 Å². The van der Waals surface area contributed by atoms with Crippen molar-refractivity contribution in [3.8, 4) is 28.4 Å². The van der Waals surface area contributed by atoms with Gasteiger partial charge in [-0.3, -0.25) is 4.79 Å². The Morgan fingerprint density at radius 3 is 2.56 bits per heavy atom. The molecule has 164 valence electrons. The number of nitrogens with zero attached hydrogens (tertiary/aromatic N) is 4. The Bertz CT molecular complexity index is 1210. The zero-order valence-corrected chi connectivity index (χ0v) is 19.8. The first kappa shape index (κ1) is 22.3. The maximum absolute atomic E-state index is 12.4. The standard InChI is InChI=1S/C22H20ClN5O2S2/c1-3-30-17-10-6-15(7-11-17)20-26-27-22(28(20)2)32-13-19(29)25-21-24-18(12-31-21)14-4-8-16(23)9-5-14/h4-12H,3,13H2,1-2H3,(H,24,25,29). The number of benzene rings is 2. The van der Waals surface area contributed by atoms with Crippen LogP contribution >= 0.6 is 34.7 Å². The SMILES string of the molecule is CCOc1ccc(-c2nnc(SCC(=O)Nc3nc(-c4ccc(Cl)cc4)cs3)n2C)cc1. The van der Waals surface area contributed by atoms with Gasteiger partial charge in [0.15, 0.2) is 16.1 Å². The van der Waals surface area contributed by atoms with Crippen molar-refractivity contribution in [3.05, 3.63) is 58.9 Å². The van der Waals surface area contributed by atoms with E-state index in [1.54, 1.807) is 0 Å². The minimum absolute atomic E-state index is 0.155. The predicted molar refractivity (Wildman–Crippen MR) is 130 cm³/mol. The number of amides is 1. The summed E-state index contributed by atoms with van der Waals surface area (Å²) in [6, 6.07) is 15.1. The van der Waals surface area contributed by atoms with E-state index in [2.05, 4.69) is 20.5 Å². The minimum atomic E-state index is -0.155. The van der Waals surface area contributed by atoms with Gasteiger partial charge in [-0.05, 0) is 43.3 Å². The predicted octanol–water partition coefficient (Wildman–Crippen LogP) is 5.39. The molecule has 0 unspecified atom stereocenters. The summed E-state index contributed by atoms with van der Waals surface area (Å²) in [5.74, 6) is 1.58. The van der Waals surface area contributed by atoms with Crippen molar-refractivity contribution >= 4 is 45.7 Å². The number of ether oxygens (including phenoxy) is 1. The first-order chi connectivity index (χ1) is 15.5. The van der Waals surface area contributed by atoms with Crippen molar-refractivity contribution in [2.75, 3.05) is 17.7 Å². The van der Waals surface area contributed by atoms with Crippen LogP contribution in [-0.4, -0.2) is 38.0 Å². The van der Waals surface area contributed by atoms with Gasteiger partial charge in [0.1, 0.15) is 5.75 Å². The highest BCUT2D eigenvalue weighted by Gasteiger charge is 2.14. The van der Waals surface area contributed by atoms with Crippen LogP contribution in [0.3, 0.4) is 0 Å². The number of carbonyl (C=O) groups excluding carboxylic acids is 1. The van der Waals surface area contributed by atoms with Crippen LogP contribution in [0.15, 0.2) is 59.1 Å². The molecule has 1 N–H and O–H groups in total. The number of rotatable bonds is 8. The monoisotopic (exact) mass is 485 g/mol. The molecule has 2 aromatic carbocycles. The van der Waals surface area contributed by atoms with E-state index < -0.39 is 0 Å². The molecule has 1 amide bonds. The minimum Gasteiger partial charge on any atom is -0.494 e. The van der Waals surface area contributed by atoms with Crippen LogP contribution in [0.2, 0.25) is 5.02 Å². The fourth-order valence-corrected chi connectivity index (χ4v) is 4.50. The molecule has 2 heterocycles. The topological polar surface area (TPSA) is 81.9 Å². The molecule has 0 saturated carbocycles. The molecule has 0 aliphatic carbocycles. The van der Waals surface area contributed by atoms with Gasteiger partial charge in [-0.15, -0.1) is 21.5 Å². The van der Waals surface area contributed by atoms with Gasteiger partial charge in [0.05, 0.1) is 18.1 Å². The number of thiazole rings is 1. The number of carbonyl (C=O) groups is 1. The quantitative estimate of drug-likeness (QED) is 0.337. The van der Waals surface area contributed by atoms with Crippen LogP contribution < -0.4 is 10.1 Å². The van der Waals surface area contributed by atoms with Gasteiger partial charge in [0.2, 0.25) is 5.91 Å². The lowest BCUT2D eigenvalue weighted by atomic mass is 10.2. The third-order valence-electron chi connectivity index (χ3n) is 4.48. The second-order valence-electron chi connectivity index (χ2n) is 6.70. The van der Waals surface area contributed by atoms with Gasteiger partial charge in [-0.2, -0.15) is 0 Å². The molecule has 0 radical (unpaired) electrons. The molecular formula is C22H20ClN5O2S2. The van der Waals surface area contributed by atoms with Crippen molar-refractivity contribution in [2.24, 2.45) is 7.05 Å². The van der Waals surface area contributed by atoms with Crippen LogP contribution in [0.1, 0.15) is 6.92 Å². The molecule has 10 heteroatoms. The van der Waals surface area contributed by atoms with Gasteiger partial charge >= 0.3 is 0 Å². The number of thioether (sulfide) groups is 1. The molecule has 0 saturated heterocycles. The average molecular weight is 486 g/mol. The molecule has 4 rings (SSSR count). The Kier molecular flexibility index (Phi) is 7.09. The maximum Gasteiger partial charge on any atom is 0.236 e. The van der Waals surface area contributed by atoms with Crippen LogP contribution in [0, 0.1) is 0 Å². The summed E-state index contributed by atoms with van der Waals surface area (Å²) in [5.41, 5.74) is 2.67. The summed E-state index contributed by atoms with van der Waals surface area (Å²) < 4.78 is 7.35. The number of aromatic nitrogens is 4. The zero-order valence-electron chi connectivity index (χ0n) is 17.4. The van der Waals surface area contributed by atoms with E-state index in [9.17, 15) is 4.79 Å². The summed E-state index contributed by atoms with van der Waals surface area (Å²) in [6.45, 7) is 2.57. The van der Waals surface area contributed by atoms with Gasteiger partial charge < -0.3 is 14.6 Å². The number of hydrogen-bond acceptors (Lipinski definition) is 7. The Labute approximate surface area is 198 Å². The van der Waals surface area contributed by atoms with Crippen molar-refractivity contribution in [3.63, 3.8) is 0 Å². The van der Waals surface area contributed by atoms with Gasteiger partial charge in [0.25, 0.3) is 0 Å². The van der Waals surface area contributed by atoms with Crippen molar-refractivity contribution < 1.29 is 9.53 Å². The van der Waals surface area contributed by atoms with E-state index in [-0.39, 0.29) is 11.7 Å². The molecule has 4 aromatic rings. The summed E-state index contributed by atoms with van der Waals surface area (Å²) in [5, 5.41) is 15.1. The maximum atomic E-state index is 12.4. The molecular weight excluding hydrogens is 466 g/mol. The summed E-state index contributed by atoms with van der Waals surface area (Å²) in [6.07, 6.45) is 0. The number of halogens is 1.